The van der Waals surface area contributed by atoms with Crippen molar-refractivity contribution in [3.05, 3.63) is 23.4 Å². The number of carbonyl (C=O) groups excluding carboxylic acids is 1. The summed E-state index contributed by atoms with van der Waals surface area (Å²) < 4.78 is 1.80. The number of nitrogens with zero attached hydrogens (tertiary/aromatic N) is 3. The van der Waals surface area contributed by atoms with Crippen molar-refractivity contribution in [3.8, 4) is 0 Å². The van der Waals surface area contributed by atoms with Crippen molar-refractivity contribution in [1.82, 2.24) is 15.1 Å². The van der Waals surface area contributed by atoms with E-state index in [1.54, 1.807) is 4.68 Å². The van der Waals surface area contributed by atoms with Gasteiger partial charge in [-0.25, -0.2) is 0 Å². The molecule has 0 spiro atoms. The molecule has 0 saturated carbocycles. The van der Waals surface area contributed by atoms with Gasteiger partial charge in [0.15, 0.2) is 0 Å². The van der Waals surface area contributed by atoms with Crippen LogP contribution in [0.3, 0.4) is 0 Å². The SMILES string of the molecule is CC1=CCC[C@H](C)[C@@H]1CN[C@H]1CCN(c2cc(C)nn2C)C1=O. The van der Waals surface area contributed by atoms with Gasteiger partial charge in [-0.2, -0.15) is 5.10 Å². The standard InChI is InChI=1S/C18H28N4O/c1-12-6-5-7-13(2)15(12)11-19-16-8-9-22(18(16)23)17-10-14(3)20-21(17)4/h6,10,13,15-16,19H,5,7-9,11H2,1-4H3/t13-,15+,16-/m0/s1. The third kappa shape index (κ3) is 3.20. The summed E-state index contributed by atoms with van der Waals surface area (Å²) in [4.78, 5) is 14.6. The average Bonchev–Trinajstić information content (AvgIpc) is 3.01. The first-order valence-corrected chi connectivity index (χ1v) is 8.69. The molecule has 1 amide bonds. The minimum Gasteiger partial charge on any atom is -0.305 e. The predicted molar refractivity (Wildman–Crippen MR) is 92.4 cm³/mol. The second-order valence-corrected chi connectivity index (χ2v) is 7.12. The number of allylic oxidation sites excluding steroid dienone is 1. The monoisotopic (exact) mass is 316 g/mol. The minimum absolute atomic E-state index is 0.0628. The van der Waals surface area contributed by atoms with Gasteiger partial charge in [0.2, 0.25) is 5.91 Å². The Kier molecular flexibility index (Phi) is 4.57. The average molecular weight is 316 g/mol. The summed E-state index contributed by atoms with van der Waals surface area (Å²) in [6.07, 6.45) is 5.67. The van der Waals surface area contributed by atoms with Crippen LogP contribution < -0.4 is 10.2 Å². The summed E-state index contributed by atoms with van der Waals surface area (Å²) in [5.41, 5.74) is 2.42. The second kappa shape index (κ2) is 6.48. The van der Waals surface area contributed by atoms with Crippen LogP contribution >= 0.6 is 0 Å². The van der Waals surface area contributed by atoms with Crippen molar-refractivity contribution in [2.45, 2.75) is 46.1 Å². The molecular formula is C18H28N4O. The van der Waals surface area contributed by atoms with E-state index in [-0.39, 0.29) is 11.9 Å². The van der Waals surface area contributed by atoms with Crippen molar-refractivity contribution >= 4 is 11.7 Å². The lowest BCUT2D eigenvalue weighted by Gasteiger charge is -2.30. The molecule has 1 fully saturated rings. The van der Waals surface area contributed by atoms with Crippen LogP contribution in [0.25, 0.3) is 0 Å². The molecule has 0 aromatic carbocycles. The summed E-state index contributed by atoms with van der Waals surface area (Å²) in [7, 11) is 1.90. The molecule has 2 heterocycles. The summed E-state index contributed by atoms with van der Waals surface area (Å²) >= 11 is 0. The van der Waals surface area contributed by atoms with Crippen molar-refractivity contribution in [2.24, 2.45) is 18.9 Å². The number of anilines is 1. The van der Waals surface area contributed by atoms with Gasteiger partial charge < -0.3 is 5.32 Å². The highest BCUT2D eigenvalue weighted by molar-refractivity contribution is 5.98. The van der Waals surface area contributed by atoms with Gasteiger partial charge in [-0.05, 0) is 44.9 Å². The fraction of sp³-hybridized carbons (Fsp3) is 0.667. The number of hydrogen-bond donors (Lipinski definition) is 1. The molecule has 3 rings (SSSR count). The fourth-order valence-corrected chi connectivity index (χ4v) is 3.95. The topological polar surface area (TPSA) is 50.2 Å². The first-order chi connectivity index (χ1) is 11.0. The zero-order valence-corrected chi connectivity index (χ0v) is 14.7. The number of hydrogen-bond acceptors (Lipinski definition) is 3. The van der Waals surface area contributed by atoms with E-state index in [0.717, 1.165) is 31.0 Å². The first-order valence-electron chi connectivity index (χ1n) is 8.69. The van der Waals surface area contributed by atoms with Crippen LogP contribution in [0.4, 0.5) is 5.82 Å². The van der Waals surface area contributed by atoms with Gasteiger partial charge in [-0.15, -0.1) is 0 Å². The lowest BCUT2D eigenvalue weighted by molar-refractivity contribution is -0.118. The van der Waals surface area contributed by atoms with Gasteiger partial charge in [0, 0.05) is 26.2 Å². The molecule has 0 unspecified atom stereocenters. The van der Waals surface area contributed by atoms with Gasteiger partial charge in [-0.3, -0.25) is 14.4 Å². The Morgan fingerprint density at radius 2 is 2.13 bits per heavy atom. The highest BCUT2D eigenvalue weighted by atomic mass is 16.2. The van der Waals surface area contributed by atoms with Crippen molar-refractivity contribution in [3.63, 3.8) is 0 Å². The summed E-state index contributed by atoms with van der Waals surface area (Å²) in [5, 5.41) is 7.88. The third-order valence-corrected chi connectivity index (χ3v) is 5.40. The zero-order chi connectivity index (χ0) is 16.6. The van der Waals surface area contributed by atoms with Crippen LogP contribution in [0, 0.1) is 18.8 Å². The quantitative estimate of drug-likeness (QED) is 0.868. The molecule has 1 aromatic rings. The number of aryl methyl sites for hydroxylation is 2. The molecule has 2 aliphatic rings. The van der Waals surface area contributed by atoms with Crippen molar-refractivity contribution < 1.29 is 4.79 Å². The maximum atomic E-state index is 12.7. The van der Waals surface area contributed by atoms with Gasteiger partial charge >= 0.3 is 0 Å². The number of carbonyl (C=O) groups is 1. The summed E-state index contributed by atoms with van der Waals surface area (Å²) in [5.74, 6) is 2.33. The number of rotatable bonds is 4. The van der Waals surface area contributed by atoms with E-state index in [4.69, 9.17) is 0 Å². The van der Waals surface area contributed by atoms with Crippen molar-refractivity contribution in [2.75, 3.05) is 18.0 Å². The molecule has 1 aliphatic carbocycles. The molecule has 1 saturated heterocycles. The minimum atomic E-state index is -0.0628. The lowest BCUT2D eigenvalue weighted by Crippen LogP contribution is -2.42. The fourth-order valence-electron chi connectivity index (χ4n) is 3.95. The summed E-state index contributed by atoms with van der Waals surface area (Å²) in [6.45, 7) is 8.18. The molecule has 1 N–H and O–H groups in total. The highest BCUT2D eigenvalue weighted by Gasteiger charge is 2.34. The Balaban J connectivity index is 1.62. The molecule has 3 atom stereocenters. The lowest BCUT2D eigenvalue weighted by atomic mass is 9.80. The largest absolute Gasteiger partial charge is 0.305 e. The predicted octanol–water partition coefficient (Wildman–Crippen LogP) is 2.42. The number of aromatic nitrogens is 2. The van der Waals surface area contributed by atoms with Crippen LogP contribution in [0.1, 0.15) is 38.8 Å². The second-order valence-electron chi connectivity index (χ2n) is 7.12. The third-order valence-electron chi connectivity index (χ3n) is 5.40. The van der Waals surface area contributed by atoms with Crippen LogP contribution in [0.5, 0.6) is 0 Å². The van der Waals surface area contributed by atoms with Gasteiger partial charge in [-0.1, -0.05) is 18.6 Å². The molecule has 126 valence electrons. The van der Waals surface area contributed by atoms with E-state index in [0.29, 0.717) is 11.8 Å². The molecule has 0 radical (unpaired) electrons. The molecule has 23 heavy (non-hydrogen) atoms. The van der Waals surface area contributed by atoms with E-state index in [2.05, 4.69) is 30.3 Å². The van der Waals surface area contributed by atoms with Gasteiger partial charge in [0.05, 0.1) is 11.7 Å². The Labute approximate surface area is 138 Å². The molecule has 1 aliphatic heterocycles. The van der Waals surface area contributed by atoms with Crippen LogP contribution in [0.2, 0.25) is 0 Å². The molecule has 0 bridgehead atoms. The van der Waals surface area contributed by atoms with Crippen LogP contribution in [0.15, 0.2) is 17.7 Å². The molecule has 5 heteroatoms. The van der Waals surface area contributed by atoms with Crippen molar-refractivity contribution in [1.29, 1.82) is 0 Å². The Morgan fingerprint density at radius 3 is 2.78 bits per heavy atom. The maximum absolute atomic E-state index is 12.7. The van der Waals surface area contributed by atoms with Crippen LogP contribution in [-0.4, -0.2) is 34.8 Å². The maximum Gasteiger partial charge on any atom is 0.245 e. The van der Waals surface area contributed by atoms with E-state index >= 15 is 0 Å². The Morgan fingerprint density at radius 1 is 1.35 bits per heavy atom. The number of nitrogens with one attached hydrogen (secondary N) is 1. The Hall–Kier alpha value is -1.62. The van der Waals surface area contributed by atoms with E-state index < -0.39 is 0 Å². The highest BCUT2D eigenvalue weighted by Crippen LogP contribution is 2.30. The van der Waals surface area contributed by atoms with E-state index in [1.165, 1.54) is 18.4 Å². The molecule has 5 nitrogen and oxygen atoms in total. The Bertz CT molecular complexity index is 619. The molecule has 1 aromatic heterocycles. The van der Waals surface area contributed by atoms with Gasteiger partial charge in [0.25, 0.3) is 0 Å². The summed E-state index contributed by atoms with van der Waals surface area (Å²) in [6, 6.07) is 1.92. The smallest absolute Gasteiger partial charge is 0.245 e. The van der Waals surface area contributed by atoms with Crippen LogP contribution in [-0.2, 0) is 11.8 Å². The van der Waals surface area contributed by atoms with E-state index in [9.17, 15) is 4.79 Å². The normalized spacial score (nSPS) is 28.3. The number of amides is 1. The zero-order valence-electron chi connectivity index (χ0n) is 14.7. The van der Waals surface area contributed by atoms with Gasteiger partial charge in [0.1, 0.15) is 5.82 Å². The first kappa shape index (κ1) is 16.2. The molecular weight excluding hydrogens is 288 g/mol. The van der Waals surface area contributed by atoms with E-state index in [1.807, 2.05) is 24.9 Å².